The molecule has 0 aliphatic carbocycles. The van der Waals surface area contributed by atoms with E-state index in [1.54, 1.807) is 0 Å². The highest BCUT2D eigenvalue weighted by molar-refractivity contribution is 6.30. The van der Waals surface area contributed by atoms with Crippen LogP contribution in [-0.4, -0.2) is 22.1 Å². The molecule has 12 heavy (non-hydrogen) atoms. The second kappa shape index (κ2) is 3.36. The van der Waals surface area contributed by atoms with E-state index in [2.05, 4.69) is 9.82 Å². The number of halogens is 1. The van der Waals surface area contributed by atoms with E-state index in [0.29, 0.717) is 0 Å². The number of aromatic hydroxyl groups is 1. The zero-order valence-electron chi connectivity index (χ0n) is 6.19. The topological polar surface area (TPSA) is 62.4 Å². The van der Waals surface area contributed by atoms with Gasteiger partial charge in [-0.2, -0.15) is 0 Å². The standard InChI is InChI=1S/C6H5ClN2O3/c1-12-9(11)5-2-4(7)3-8-6(5)10/h2-3H,1H3/p+1. The average Bonchev–Trinajstić information content (AvgIpc) is 2.08. The van der Waals surface area contributed by atoms with Gasteiger partial charge in [0, 0.05) is 6.07 Å². The molecular formula is C6H6ClN2O3+. The monoisotopic (exact) mass is 189 g/mol. The minimum atomic E-state index is -0.420. The first-order valence-corrected chi connectivity index (χ1v) is 3.39. The molecule has 0 aliphatic rings. The summed E-state index contributed by atoms with van der Waals surface area (Å²) in [5.41, 5.74) is -0.120. The lowest BCUT2D eigenvalue weighted by molar-refractivity contribution is -0.737. The molecule has 0 radical (unpaired) electrons. The second-order valence-electron chi connectivity index (χ2n) is 1.94. The van der Waals surface area contributed by atoms with E-state index < -0.39 is 5.88 Å². The molecule has 64 valence electrons. The largest absolute Gasteiger partial charge is 0.488 e. The summed E-state index contributed by atoms with van der Waals surface area (Å²) >= 11 is 5.52. The summed E-state index contributed by atoms with van der Waals surface area (Å²) in [6.07, 6.45) is 1.23. The van der Waals surface area contributed by atoms with E-state index in [-0.39, 0.29) is 15.6 Å². The number of nitrogens with zero attached hydrogens (tertiary/aromatic N) is 2. The Hall–Kier alpha value is -1.36. The number of hydrogen-bond donors (Lipinski definition) is 1. The van der Waals surface area contributed by atoms with Crippen LogP contribution in [0.25, 0.3) is 0 Å². The summed E-state index contributed by atoms with van der Waals surface area (Å²) in [6, 6.07) is 1.25. The first kappa shape index (κ1) is 8.73. The Balaban J connectivity index is 3.13. The highest BCUT2D eigenvalue weighted by Crippen LogP contribution is 2.25. The molecule has 5 nitrogen and oxygen atoms in total. The van der Waals surface area contributed by atoms with Gasteiger partial charge in [-0.25, -0.2) is 9.82 Å². The first-order valence-electron chi connectivity index (χ1n) is 3.01. The van der Waals surface area contributed by atoms with Crippen LogP contribution in [-0.2, 0) is 4.84 Å². The third kappa shape index (κ3) is 1.62. The van der Waals surface area contributed by atoms with E-state index in [1.165, 1.54) is 19.4 Å². The van der Waals surface area contributed by atoms with E-state index in [9.17, 15) is 4.91 Å². The molecule has 0 bridgehead atoms. The number of pyridine rings is 1. The predicted molar refractivity (Wildman–Crippen MR) is 41.2 cm³/mol. The lowest BCUT2D eigenvalue weighted by Crippen LogP contribution is -1.98. The molecule has 6 heteroatoms. The quantitative estimate of drug-likeness (QED) is 0.715. The Morgan fingerprint density at radius 3 is 3.00 bits per heavy atom. The third-order valence-corrected chi connectivity index (χ3v) is 1.38. The second-order valence-corrected chi connectivity index (χ2v) is 2.37. The van der Waals surface area contributed by atoms with Crippen LogP contribution < -0.4 is 0 Å². The van der Waals surface area contributed by atoms with E-state index >= 15 is 0 Å². The number of aromatic nitrogens is 1. The summed E-state index contributed by atoms with van der Waals surface area (Å²) in [6.45, 7) is 0. The first-order chi connectivity index (χ1) is 5.65. The fourth-order valence-corrected chi connectivity index (χ4v) is 0.806. The van der Waals surface area contributed by atoms with Crippen LogP contribution in [0.4, 0.5) is 5.69 Å². The van der Waals surface area contributed by atoms with Gasteiger partial charge >= 0.3 is 5.69 Å². The molecule has 1 heterocycles. The Kier molecular flexibility index (Phi) is 2.44. The molecule has 0 saturated heterocycles. The average molecular weight is 190 g/mol. The highest BCUT2D eigenvalue weighted by atomic mass is 35.5. The Labute approximate surface area is 73.1 Å². The SMILES string of the molecule is CO[N+](=O)c1cc(Cl)cnc1O. The summed E-state index contributed by atoms with van der Waals surface area (Å²) < 4.78 is 0. The molecule has 0 atom stereocenters. The molecule has 1 aromatic rings. The van der Waals surface area contributed by atoms with Crippen LogP contribution >= 0.6 is 11.6 Å². The summed E-state index contributed by atoms with van der Waals surface area (Å²) in [5.74, 6) is -0.420. The highest BCUT2D eigenvalue weighted by Gasteiger charge is 2.22. The normalized spacial score (nSPS) is 9.50. The number of rotatable bonds is 2. The van der Waals surface area contributed by atoms with Crippen molar-refractivity contribution in [1.82, 2.24) is 4.98 Å². The van der Waals surface area contributed by atoms with Gasteiger partial charge in [0.1, 0.15) is 0 Å². The fourth-order valence-electron chi connectivity index (χ4n) is 0.654. The van der Waals surface area contributed by atoms with Crippen molar-refractivity contribution in [3.8, 4) is 5.88 Å². The molecule has 0 amide bonds. The molecule has 0 fully saturated rings. The molecule has 1 rings (SSSR count). The van der Waals surface area contributed by atoms with E-state index in [0.717, 1.165) is 0 Å². The maximum Gasteiger partial charge on any atom is 0.379 e. The molecule has 0 aromatic carbocycles. The Morgan fingerprint density at radius 2 is 2.42 bits per heavy atom. The van der Waals surface area contributed by atoms with Crippen molar-refractivity contribution in [3.05, 3.63) is 22.2 Å². The Morgan fingerprint density at radius 1 is 1.75 bits per heavy atom. The summed E-state index contributed by atoms with van der Waals surface area (Å²) in [4.78, 5) is 18.7. The molecular weight excluding hydrogens is 184 g/mol. The van der Waals surface area contributed by atoms with Crippen LogP contribution in [0.2, 0.25) is 5.02 Å². The molecule has 1 N–H and O–H groups in total. The van der Waals surface area contributed by atoms with Gasteiger partial charge in [-0.15, -0.1) is 0 Å². The van der Waals surface area contributed by atoms with Gasteiger partial charge in [0.25, 0.3) is 10.8 Å². The molecule has 0 unspecified atom stereocenters. The van der Waals surface area contributed by atoms with Crippen molar-refractivity contribution in [2.45, 2.75) is 0 Å². The van der Waals surface area contributed by atoms with Gasteiger partial charge in [0.15, 0.2) is 7.11 Å². The van der Waals surface area contributed by atoms with Crippen LogP contribution in [0.1, 0.15) is 0 Å². The van der Waals surface area contributed by atoms with Gasteiger partial charge in [0.05, 0.1) is 16.1 Å². The van der Waals surface area contributed by atoms with E-state index in [4.69, 9.17) is 16.7 Å². The molecule has 1 aromatic heterocycles. The van der Waals surface area contributed by atoms with Crippen molar-refractivity contribution < 1.29 is 14.9 Å². The van der Waals surface area contributed by atoms with Gasteiger partial charge in [-0.3, -0.25) is 0 Å². The molecule has 0 aliphatic heterocycles. The zero-order chi connectivity index (χ0) is 9.14. The van der Waals surface area contributed by atoms with Gasteiger partial charge in [0.2, 0.25) is 0 Å². The van der Waals surface area contributed by atoms with Crippen molar-refractivity contribution >= 4 is 17.3 Å². The lowest BCUT2D eigenvalue weighted by Gasteiger charge is -1.92. The minimum Gasteiger partial charge on any atom is -0.488 e. The summed E-state index contributed by atoms with van der Waals surface area (Å²) in [7, 11) is 1.17. The van der Waals surface area contributed by atoms with Crippen molar-refractivity contribution in [1.29, 1.82) is 0 Å². The number of hydrogen-bond acceptors (Lipinski definition) is 4. The maximum atomic E-state index is 10.8. The maximum absolute atomic E-state index is 10.8. The zero-order valence-corrected chi connectivity index (χ0v) is 6.95. The van der Waals surface area contributed by atoms with E-state index in [1.807, 2.05) is 0 Å². The third-order valence-electron chi connectivity index (χ3n) is 1.18. The molecule has 0 saturated carbocycles. The molecule has 0 spiro atoms. The minimum absolute atomic E-state index is 0.119. The Bertz CT molecular complexity index is 316. The van der Waals surface area contributed by atoms with Crippen LogP contribution in [0, 0.1) is 4.91 Å². The predicted octanol–water partition coefficient (Wildman–Crippen LogP) is 1.41. The van der Waals surface area contributed by atoms with Gasteiger partial charge in [-0.05, 0) is 0 Å². The van der Waals surface area contributed by atoms with Crippen LogP contribution in [0.3, 0.4) is 0 Å². The summed E-state index contributed by atoms with van der Waals surface area (Å²) in [5, 5.41) is 9.30. The van der Waals surface area contributed by atoms with Crippen molar-refractivity contribution in [2.24, 2.45) is 0 Å². The van der Waals surface area contributed by atoms with Crippen molar-refractivity contribution in [2.75, 3.05) is 7.11 Å². The van der Waals surface area contributed by atoms with Crippen molar-refractivity contribution in [3.63, 3.8) is 0 Å². The van der Waals surface area contributed by atoms with Crippen LogP contribution in [0.5, 0.6) is 5.88 Å². The van der Waals surface area contributed by atoms with Crippen LogP contribution in [0.15, 0.2) is 12.3 Å². The fraction of sp³-hybridized carbons (Fsp3) is 0.167. The van der Waals surface area contributed by atoms with Gasteiger partial charge < -0.3 is 5.11 Å². The smallest absolute Gasteiger partial charge is 0.379 e. The lowest BCUT2D eigenvalue weighted by atomic mass is 10.4. The van der Waals surface area contributed by atoms with Gasteiger partial charge in [-0.1, -0.05) is 11.6 Å².